The van der Waals surface area contributed by atoms with E-state index in [4.69, 9.17) is 0 Å². The van der Waals surface area contributed by atoms with Gasteiger partial charge in [0.25, 0.3) is 5.91 Å². The summed E-state index contributed by atoms with van der Waals surface area (Å²) < 4.78 is 14.7. The lowest BCUT2D eigenvalue weighted by Gasteiger charge is -2.25. The van der Waals surface area contributed by atoms with Crippen molar-refractivity contribution in [1.29, 1.82) is 0 Å². The van der Waals surface area contributed by atoms with Crippen LogP contribution in [-0.2, 0) is 6.42 Å². The average Bonchev–Trinajstić information content (AvgIpc) is 2.99. The number of halogens is 2. The summed E-state index contributed by atoms with van der Waals surface area (Å²) >= 11 is 3.31. The maximum atomic E-state index is 14.0. The molecule has 4 heteroatoms. The Hall–Kier alpha value is -1.68. The van der Waals surface area contributed by atoms with Gasteiger partial charge in [-0.2, -0.15) is 0 Å². The van der Waals surface area contributed by atoms with Gasteiger partial charge in [-0.25, -0.2) is 4.39 Å². The SMILES string of the molecule is Cc1ccc(CC2CCCN2C(=O)c2cc(Br)ccc2F)cc1. The van der Waals surface area contributed by atoms with Crippen molar-refractivity contribution in [2.45, 2.75) is 32.2 Å². The van der Waals surface area contributed by atoms with Gasteiger partial charge in [0, 0.05) is 17.1 Å². The van der Waals surface area contributed by atoms with Crippen molar-refractivity contribution in [3.8, 4) is 0 Å². The molecule has 1 amide bonds. The number of nitrogens with zero attached hydrogens (tertiary/aromatic N) is 1. The molecule has 23 heavy (non-hydrogen) atoms. The quantitative estimate of drug-likeness (QED) is 0.758. The van der Waals surface area contributed by atoms with E-state index in [-0.39, 0.29) is 17.5 Å². The normalized spacial score (nSPS) is 17.5. The zero-order chi connectivity index (χ0) is 16.4. The Morgan fingerprint density at radius 2 is 2.00 bits per heavy atom. The molecule has 1 aliphatic rings. The highest BCUT2D eigenvalue weighted by Crippen LogP contribution is 2.25. The third-order valence-electron chi connectivity index (χ3n) is 4.39. The van der Waals surface area contributed by atoms with Crippen molar-refractivity contribution in [2.75, 3.05) is 6.54 Å². The van der Waals surface area contributed by atoms with Crippen molar-refractivity contribution in [3.05, 3.63) is 69.4 Å². The van der Waals surface area contributed by atoms with Gasteiger partial charge in [-0.05, 0) is 49.9 Å². The molecule has 0 bridgehead atoms. The minimum absolute atomic E-state index is 0.142. The molecule has 0 saturated carbocycles. The summed E-state index contributed by atoms with van der Waals surface area (Å²) in [6, 6.07) is 13.0. The first-order chi connectivity index (χ1) is 11.0. The van der Waals surface area contributed by atoms with Gasteiger partial charge < -0.3 is 4.90 Å². The fraction of sp³-hybridized carbons (Fsp3) is 0.316. The lowest BCUT2D eigenvalue weighted by Crippen LogP contribution is -2.37. The van der Waals surface area contributed by atoms with Crippen LogP contribution in [0.25, 0.3) is 0 Å². The second-order valence-electron chi connectivity index (χ2n) is 6.11. The van der Waals surface area contributed by atoms with Crippen LogP contribution in [0.2, 0.25) is 0 Å². The number of carbonyl (C=O) groups is 1. The first-order valence-corrected chi connectivity index (χ1v) is 8.65. The first kappa shape index (κ1) is 16.2. The van der Waals surface area contributed by atoms with E-state index < -0.39 is 5.82 Å². The summed E-state index contributed by atoms with van der Waals surface area (Å²) in [6.07, 6.45) is 2.76. The van der Waals surface area contributed by atoms with Gasteiger partial charge in [0.2, 0.25) is 0 Å². The lowest BCUT2D eigenvalue weighted by atomic mass is 10.0. The van der Waals surface area contributed by atoms with E-state index in [0.717, 1.165) is 23.7 Å². The fourth-order valence-corrected chi connectivity index (χ4v) is 3.49. The molecule has 0 aliphatic carbocycles. The molecule has 3 rings (SSSR count). The number of carbonyl (C=O) groups excluding carboxylic acids is 1. The molecule has 1 unspecified atom stereocenters. The van der Waals surface area contributed by atoms with Gasteiger partial charge in [0.1, 0.15) is 5.82 Å². The molecule has 1 aliphatic heterocycles. The Labute approximate surface area is 144 Å². The van der Waals surface area contributed by atoms with Crippen LogP contribution in [0.1, 0.15) is 34.3 Å². The van der Waals surface area contributed by atoms with Gasteiger partial charge in [0.15, 0.2) is 0 Å². The third kappa shape index (κ3) is 3.63. The van der Waals surface area contributed by atoms with E-state index >= 15 is 0 Å². The number of hydrogen-bond donors (Lipinski definition) is 0. The van der Waals surface area contributed by atoms with Crippen LogP contribution in [0.5, 0.6) is 0 Å². The molecule has 1 saturated heterocycles. The zero-order valence-electron chi connectivity index (χ0n) is 13.1. The van der Waals surface area contributed by atoms with E-state index in [0.29, 0.717) is 6.54 Å². The van der Waals surface area contributed by atoms with E-state index in [1.54, 1.807) is 12.1 Å². The topological polar surface area (TPSA) is 20.3 Å². The summed E-state index contributed by atoms with van der Waals surface area (Å²) in [6.45, 7) is 2.76. The van der Waals surface area contributed by atoms with E-state index in [9.17, 15) is 9.18 Å². The van der Waals surface area contributed by atoms with Crippen LogP contribution < -0.4 is 0 Å². The van der Waals surface area contributed by atoms with E-state index in [1.165, 1.54) is 17.2 Å². The highest BCUT2D eigenvalue weighted by Gasteiger charge is 2.30. The zero-order valence-corrected chi connectivity index (χ0v) is 14.6. The lowest BCUT2D eigenvalue weighted by molar-refractivity contribution is 0.0731. The van der Waals surface area contributed by atoms with E-state index in [2.05, 4.69) is 47.1 Å². The molecule has 120 valence electrons. The minimum Gasteiger partial charge on any atom is -0.335 e. The molecule has 2 aromatic carbocycles. The minimum atomic E-state index is -0.459. The summed E-state index contributed by atoms with van der Waals surface area (Å²) in [5.74, 6) is -0.669. The summed E-state index contributed by atoms with van der Waals surface area (Å²) in [4.78, 5) is 14.6. The van der Waals surface area contributed by atoms with Crippen LogP contribution in [-0.4, -0.2) is 23.4 Å². The molecule has 0 aromatic heterocycles. The van der Waals surface area contributed by atoms with Gasteiger partial charge in [-0.1, -0.05) is 45.8 Å². The molecule has 1 atom stereocenters. The smallest absolute Gasteiger partial charge is 0.257 e. The average molecular weight is 376 g/mol. The predicted octanol–water partition coefficient (Wildman–Crippen LogP) is 4.74. The van der Waals surface area contributed by atoms with Crippen molar-refractivity contribution < 1.29 is 9.18 Å². The van der Waals surface area contributed by atoms with Crippen LogP contribution in [0.4, 0.5) is 4.39 Å². The summed E-state index contributed by atoms with van der Waals surface area (Å²) in [5.41, 5.74) is 2.59. The van der Waals surface area contributed by atoms with Gasteiger partial charge in [-0.3, -0.25) is 4.79 Å². The Kier molecular flexibility index (Phi) is 4.81. The van der Waals surface area contributed by atoms with Crippen LogP contribution >= 0.6 is 15.9 Å². The van der Waals surface area contributed by atoms with Crippen LogP contribution in [0.15, 0.2) is 46.9 Å². The van der Waals surface area contributed by atoms with Crippen molar-refractivity contribution in [2.24, 2.45) is 0 Å². The maximum Gasteiger partial charge on any atom is 0.257 e. The summed E-state index contributed by atoms with van der Waals surface area (Å²) in [7, 11) is 0. The maximum absolute atomic E-state index is 14.0. The number of amides is 1. The molecular formula is C19H19BrFNO. The Balaban J connectivity index is 1.79. The van der Waals surface area contributed by atoms with Crippen molar-refractivity contribution in [3.63, 3.8) is 0 Å². The van der Waals surface area contributed by atoms with Crippen molar-refractivity contribution >= 4 is 21.8 Å². The van der Waals surface area contributed by atoms with Crippen LogP contribution in [0, 0.1) is 12.7 Å². The second-order valence-corrected chi connectivity index (χ2v) is 7.02. The molecule has 0 N–H and O–H groups in total. The molecule has 0 radical (unpaired) electrons. The number of likely N-dealkylation sites (tertiary alicyclic amines) is 1. The second kappa shape index (κ2) is 6.83. The molecule has 2 nitrogen and oxygen atoms in total. The number of benzene rings is 2. The Morgan fingerprint density at radius 3 is 2.74 bits per heavy atom. The summed E-state index contributed by atoms with van der Waals surface area (Å²) in [5, 5.41) is 0. The highest BCUT2D eigenvalue weighted by molar-refractivity contribution is 9.10. The number of rotatable bonds is 3. The standard InChI is InChI=1S/C19H19BrFNO/c1-13-4-6-14(7-5-13)11-16-3-2-10-22(16)19(23)17-12-15(20)8-9-18(17)21/h4-9,12,16H,2-3,10-11H2,1H3. The number of hydrogen-bond acceptors (Lipinski definition) is 1. The van der Waals surface area contributed by atoms with Crippen molar-refractivity contribution in [1.82, 2.24) is 4.90 Å². The Morgan fingerprint density at radius 1 is 1.26 bits per heavy atom. The molecular weight excluding hydrogens is 357 g/mol. The first-order valence-electron chi connectivity index (χ1n) is 7.86. The number of aryl methyl sites for hydroxylation is 1. The van der Waals surface area contributed by atoms with Gasteiger partial charge in [0.05, 0.1) is 5.56 Å². The van der Waals surface area contributed by atoms with Gasteiger partial charge in [-0.15, -0.1) is 0 Å². The molecule has 1 fully saturated rings. The largest absolute Gasteiger partial charge is 0.335 e. The third-order valence-corrected chi connectivity index (χ3v) is 4.88. The molecule has 2 aromatic rings. The van der Waals surface area contributed by atoms with Gasteiger partial charge >= 0.3 is 0 Å². The molecule has 1 heterocycles. The van der Waals surface area contributed by atoms with E-state index in [1.807, 2.05) is 4.90 Å². The van der Waals surface area contributed by atoms with Crippen LogP contribution in [0.3, 0.4) is 0 Å². The monoisotopic (exact) mass is 375 g/mol. The highest BCUT2D eigenvalue weighted by atomic mass is 79.9. The molecule has 0 spiro atoms. The predicted molar refractivity (Wildman–Crippen MR) is 93.0 cm³/mol. The fourth-order valence-electron chi connectivity index (χ4n) is 3.13. The Bertz CT molecular complexity index is 714.